The van der Waals surface area contributed by atoms with Gasteiger partial charge in [0.2, 0.25) is 0 Å². The number of amides is 1. The quantitative estimate of drug-likeness (QED) is 0.667. The molecule has 6 nitrogen and oxygen atoms in total. The second-order valence-corrected chi connectivity index (χ2v) is 6.59. The van der Waals surface area contributed by atoms with E-state index in [0.717, 1.165) is 10.0 Å². The summed E-state index contributed by atoms with van der Waals surface area (Å²) in [6.07, 6.45) is 3.27. The Morgan fingerprint density at radius 2 is 2.16 bits per heavy atom. The van der Waals surface area contributed by atoms with E-state index in [1.54, 1.807) is 36.7 Å². The van der Waals surface area contributed by atoms with Crippen LogP contribution < -0.4 is 10.1 Å². The number of benzene rings is 1. The number of carbonyl (C=O) groups excluding carboxylic acids is 1. The number of halogens is 2. The van der Waals surface area contributed by atoms with Crippen LogP contribution in [-0.4, -0.2) is 20.7 Å². The lowest BCUT2D eigenvalue weighted by atomic mass is 10.2. The molecule has 1 amide bonds. The standard InChI is InChI=1S/C17H14BrClN4O2/c1-11-2-4-13(19)15(8-11)25-10-23-7-6-14(22-23)17(24)21-16-5-3-12(18)9-20-16/h2-9H,10H2,1H3,(H,20,21,24). The number of hydrogen-bond donors (Lipinski definition) is 1. The van der Waals surface area contributed by atoms with Gasteiger partial charge in [-0.15, -0.1) is 0 Å². The Morgan fingerprint density at radius 3 is 2.92 bits per heavy atom. The molecule has 0 bridgehead atoms. The monoisotopic (exact) mass is 420 g/mol. The average molecular weight is 422 g/mol. The molecular weight excluding hydrogens is 408 g/mol. The summed E-state index contributed by atoms with van der Waals surface area (Å²) in [4.78, 5) is 16.3. The number of nitrogens with zero attached hydrogens (tertiary/aromatic N) is 3. The third-order valence-electron chi connectivity index (χ3n) is 3.28. The average Bonchev–Trinajstić information content (AvgIpc) is 3.07. The molecule has 0 aliphatic carbocycles. The molecule has 0 saturated carbocycles. The smallest absolute Gasteiger partial charge is 0.277 e. The summed E-state index contributed by atoms with van der Waals surface area (Å²) in [5, 5.41) is 7.40. The van der Waals surface area contributed by atoms with Gasteiger partial charge < -0.3 is 10.1 Å². The van der Waals surface area contributed by atoms with E-state index in [2.05, 4.69) is 31.3 Å². The Hall–Kier alpha value is -2.38. The van der Waals surface area contributed by atoms with Crippen molar-refractivity contribution in [2.24, 2.45) is 0 Å². The van der Waals surface area contributed by atoms with Crippen molar-refractivity contribution in [1.29, 1.82) is 0 Å². The minimum Gasteiger partial charge on any atom is -0.470 e. The number of rotatable bonds is 5. The van der Waals surface area contributed by atoms with Crippen molar-refractivity contribution in [2.75, 3.05) is 5.32 Å². The van der Waals surface area contributed by atoms with Crippen molar-refractivity contribution in [1.82, 2.24) is 14.8 Å². The fourth-order valence-electron chi connectivity index (χ4n) is 2.04. The molecule has 0 aliphatic heterocycles. The molecule has 0 saturated heterocycles. The SMILES string of the molecule is Cc1ccc(Cl)c(OCn2ccc(C(=O)Nc3ccc(Br)cn3)n2)c1. The Bertz CT molecular complexity index is 896. The number of pyridine rings is 1. The highest BCUT2D eigenvalue weighted by atomic mass is 79.9. The summed E-state index contributed by atoms with van der Waals surface area (Å²) in [5.41, 5.74) is 1.31. The normalized spacial score (nSPS) is 10.5. The van der Waals surface area contributed by atoms with E-state index >= 15 is 0 Å². The topological polar surface area (TPSA) is 69.0 Å². The third kappa shape index (κ3) is 4.58. The first-order valence-electron chi connectivity index (χ1n) is 7.36. The van der Waals surface area contributed by atoms with E-state index in [1.165, 1.54) is 4.68 Å². The maximum atomic E-state index is 12.2. The lowest BCUT2D eigenvalue weighted by Crippen LogP contribution is -2.15. The number of hydrogen-bond acceptors (Lipinski definition) is 4. The number of anilines is 1. The van der Waals surface area contributed by atoms with E-state index < -0.39 is 0 Å². The predicted octanol–water partition coefficient (Wildman–Crippen LogP) is 4.29. The van der Waals surface area contributed by atoms with Gasteiger partial charge >= 0.3 is 0 Å². The third-order valence-corrected chi connectivity index (χ3v) is 4.06. The molecule has 1 aromatic carbocycles. The van der Waals surface area contributed by atoms with Gasteiger partial charge in [0, 0.05) is 16.9 Å². The first kappa shape index (κ1) is 17.4. The molecule has 128 valence electrons. The van der Waals surface area contributed by atoms with Crippen LogP contribution in [0.25, 0.3) is 0 Å². The van der Waals surface area contributed by atoms with Crippen LogP contribution in [0.15, 0.2) is 53.3 Å². The van der Waals surface area contributed by atoms with Crippen molar-refractivity contribution in [3.8, 4) is 5.75 Å². The molecule has 3 rings (SSSR count). The zero-order valence-electron chi connectivity index (χ0n) is 13.2. The molecule has 1 N–H and O–H groups in total. The van der Waals surface area contributed by atoms with Crippen LogP contribution >= 0.6 is 27.5 Å². The van der Waals surface area contributed by atoms with Gasteiger partial charge in [-0.25, -0.2) is 9.67 Å². The van der Waals surface area contributed by atoms with E-state index in [-0.39, 0.29) is 18.3 Å². The molecule has 0 aliphatic rings. The van der Waals surface area contributed by atoms with E-state index in [1.807, 2.05) is 19.1 Å². The van der Waals surface area contributed by atoms with Crippen LogP contribution in [0, 0.1) is 6.92 Å². The van der Waals surface area contributed by atoms with E-state index in [4.69, 9.17) is 16.3 Å². The van der Waals surface area contributed by atoms with Gasteiger partial charge in [-0.05, 0) is 58.7 Å². The van der Waals surface area contributed by atoms with Crippen molar-refractivity contribution in [2.45, 2.75) is 13.7 Å². The van der Waals surface area contributed by atoms with Crippen LogP contribution in [0.5, 0.6) is 5.75 Å². The zero-order chi connectivity index (χ0) is 17.8. The number of carbonyl (C=O) groups is 1. The van der Waals surface area contributed by atoms with E-state index in [0.29, 0.717) is 16.6 Å². The first-order valence-corrected chi connectivity index (χ1v) is 8.54. The Labute approximate surface area is 157 Å². The predicted molar refractivity (Wildman–Crippen MR) is 98.9 cm³/mol. The lowest BCUT2D eigenvalue weighted by Gasteiger charge is -2.08. The Kier molecular flexibility index (Phi) is 5.35. The maximum absolute atomic E-state index is 12.2. The molecule has 8 heteroatoms. The second kappa shape index (κ2) is 7.67. The largest absolute Gasteiger partial charge is 0.470 e. The molecule has 0 fully saturated rings. The number of aromatic nitrogens is 3. The van der Waals surface area contributed by atoms with Gasteiger partial charge in [-0.1, -0.05) is 17.7 Å². The fourth-order valence-corrected chi connectivity index (χ4v) is 2.45. The highest BCUT2D eigenvalue weighted by molar-refractivity contribution is 9.10. The number of ether oxygens (including phenoxy) is 1. The minimum atomic E-state index is -0.345. The van der Waals surface area contributed by atoms with Gasteiger partial charge in [-0.2, -0.15) is 5.10 Å². The zero-order valence-corrected chi connectivity index (χ0v) is 15.6. The van der Waals surface area contributed by atoms with Crippen molar-refractivity contribution < 1.29 is 9.53 Å². The number of aryl methyl sites for hydroxylation is 1. The molecule has 0 atom stereocenters. The van der Waals surface area contributed by atoms with Gasteiger partial charge in [-0.3, -0.25) is 4.79 Å². The number of nitrogens with one attached hydrogen (secondary N) is 1. The summed E-state index contributed by atoms with van der Waals surface area (Å²) in [5.74, 6) is 0.676. The van der Waals surface area contributed by atoms with Crippen molar-refractivity contribution in [3.63, 3.8) is 0 Å². The van der Waals surface area contributed by atoms with Crippen LogP contribution in [0.2, 0.25) is 5.02 Å². The first-order chi connectivity index (χ1) is 12.0. The van der Waals surface area contributed by atoms with Crippen LogP contribution in [-0.2, 0) is 6.73 Å². The van der Waals surface area contributed by atoms with E-state index in [9.17, 15) is 4.79 Å². The summed E-state index contributed by atoms with van der Waals surface area (Å²) in [6, 6.07) is 10.6. The van der Waals surface area contributed by atoms with Crippen molar-refractivity contribution >= 4 is 39.3 Å². The summed E-state index contributed by atoms with van der Waals surface area (Å²) >= 11 is 9.38. The van der Waals surface area contributed by atoms with Crippen LogP contribution in [0.1, 0.15) is 16.1 Å². The molecular formula is C17H14BrClN4O2. The summed E-state index contributed by atoms with van der Waals surface area (Å²) < 4.78 is 8.00. The molecule has 0 radical (unpaired) electrons. The molecule has 3 aromatic rings. The highest BCUT2D eigenvalue weighted by Gasteiger charge is 2.11. The Morgan fingerprint density at radius 1 is 1.32 bits per heavy atom. The van der Waals surface area contributed by atoms with Crippen LogP contribution in [0.4, 0.5) is 5.82 Å². The summed E-state index contributed by atoms with van der Waals surface area (Å²) in [7, 11) is 0. The van der Waals surface area contributed by atoms with Gasteiger partial charge in [0.1, 0.15) is 11.6 Å². The summed E-state index contributed by atoms with van der Waals surface area (Å²) in [6.45, 7) is 2.10. The molecule has 2 aromatic heterocycles. The highest BCUT2D eigenvalue weighted by Crippen LogP contribution is 2.25. The lowest BCUT2D eigenvalue weighted by molar-refractivity contribution is 0.102. The second-order valence-electron chi connectivity index (χ2n) is 5.26. The van der Waals surface area contributed by atoms with Crippen molar-refractivity contribution in [3.05, 3.63) is 69.5 Å². The molecule has 2 heterocycles. The van der Waals surface area contributed by atoms with Gasteiger partial charge in [0.05, 0.1) is 5.02 Å². The fraction of sp³-hybridized carbons (Fsp3) is 0.118. The molecule has 0 unspecified atom stereocenters. The van der Waals surface area contributed by atoms with Gasteiger partial charge in [0.25, 0.3) is 5.91 Å². The Balaban J connectivity index is 1.62. The van der Waals surface area contributed by atoms with Gasteiger partial charge in [0.15, 0.2) is 12.4 Å². The molecule has 25 heavy (non-hydrogen) atoms. The maximum Gasteiger partial charge on any atom is 0.277 e. The molecule has 0 spiro atoms. The van der Waals surface area contributed by atoms with Crippen LogP contribution in [0.3, 0.4) is 0 Å². The minimum absolute atomic E-state index is 0.146.